The maximum Gasteiger partial charge on any atom is 0.433 e. The van der Waals surface area contributed by atoms with Crippen molar-refractivity contribution in [1.29, 1.82) is 0 Å². The van der Waals surface area contributed by atoms with Crippen LogP contribution in [0.1, 0.15) is 42.7 Å². The Morgan fingerprint density at radius 1 is 1.38 bits per heavy atom. The lowest BCUT2D eigenvalue weighted by Crippen LogP contribution is -2.48. The summed E-state index contributed by atoms with van der Waals surface area (Å²) in [5.74, 6) is -0.402. The SMILES string of the molecule is CC(C)(O)C1CCCN1C(=O)c1ccc(C(F)(F)F)nc1. The third-order valence-corrected chi connectivity index (χ3v) is 3.63. The van der Waals surface area contributed by atoms with Crippen LogP contribution in [0.4, 0.5) is 13.2 Å². The van der Waals surface area contributed by atoms with E-state index in [-0.39, 0.29) is 11.6 Å². The molecule has 21 heavy (non-hydrogen) atoms. The minimum absolute atomic E-state index is 0.0964. The molecular formula is C14H17F3N2O2. The fourth-order valence-corrected chi connectivity index (χ4v) is 2.60. The van der Waals surface area contributed by atoms with Gasteiger partial charge in [-0.3, -0.25) is 9.78 Å². The zero-order valence-electron chi connectivity index (χ0n) is 11.8. The highest BCUT2D eigenvalue weighted by Gasteiger charge is 2.39. The van der Waals surface area contributed by atoms with Gasteiger partial charge in [-0.2, -0.15) is 13.2 Å². The predicted octanol–water partition coefficient (Wildman–Crippen LogP) is 2.48. The first-order valence-electron chi connectivity index (χ1n) is 6.67. The molecular weight excluding hydrogens is 285 g/mol. The second kappa shape index (κ2) is 5.29. The summed E-state index contributed by atoms with van der Waals surface area (Å²) in [5.41, 5.74) is -1.98. The average Bonchev–Trinajstić information content (AvgIpc) is 2.86. The highest BCUT2D eigenvalue weighted by Crippen LogP contribution is 2.30. The van der Waals surface area contributed by atoms with Gasteiger partial charge >= 0.3 is 6.18 Å². The van der Waals surface area contributed by atoms with Crippen LogP contribution in [-0.2, 0) is 6.18 Å². The van der Waals surface area contributed by atoms with Crippen molar-refractivity contribution in [3.63, 3.8) is 0 Å². The van der Waals surface area contributed by atoms with Crippen molar-refractivity contribution in [3.05, 3.63) is 29.6 Å². The second-order valence-electron chi connectivity index (χ2n) is 5.74. The van der Waals surface area contributed by atoms with Crippen LogP contribution in [0.15, 0.2) is 18.3 Å². The molecule has 1 amide bonds. The average molecular weight is 302 g/mol. The summed E-state index contributed by atoms with van der Waals surface area (Å²) in [5, 5.41) is 10.1. The molecule has 1 unspecified atom stereocenters. The molecule has 1 aromatic rings. The van der Waals surface area contributed by atoms with Crippen molar-refractivity contribution < 1.29 is 23.1 Å². The van der Waals surface area contributed by atoms with Gasteiger partial charge in [0.15, 0.2) is 0 Å². The van der Waals surface area contributed by atoms with Crippen LogP contribution in [-0.4, -0.2) is 39.1 Å². The molecule has 1 N–H and O–H groups in total. The summed E-state index contributed by atoms with van der Waals surface area (Å²) in [6, 6.07) is 1.58. The van der Waals surface area contributed by atoms with E-state index in [1.54, 1.807) is 13.8 Å². The number of hydrogen-bond acceptors (Lipinski definition) is 3. The Balaban J connectivity index is 2.20. The first kappa shape index (κ1) is 15.8. The molecule has 1 aliphatic heterocycles. The van der Waals surface area contributed by atoms with Crippen LogP contribution in [0, 0.1) is 0 Å². The van der Waals surface area contributed by atoms with E-state index in [1.807, 2.05) is 0 Å². The number of nitrogens with zero attached hydrogens (tertiary/aromatic N) is 2. The van der Waals surface area contributed by atoms with Crippen LogP contribution in [0.5, 0.6) is 0 Å². The quantitative estimate of drug-likeness (QED) is 0.913. The molecule has 0 bridgehead atoms. The standard InChI is InChI=1S/C14H17F3N2O2/c1-13(2,21)11-4-3-7-19(11)12(20)9-5-6-10(18-8-9)14(15,16)17/h5-6,8,11,21H,3-4,7H2,1-2H3. The van der Waals surface area contributed by atoms with E-state index in [9.17, 15) is 23.1 Å². The Kier molecular flexibility index (Phi) is 3.97. The molecule has 4 nitrogen and oxygen atoms in total. The minimum atomic E-state index is -4.52. The number of amides is 1. The van der Waals surface area contributed by atoms with E-state index in [1.165, 1.54) is 4.90 Å². The smallest absolute Gasteiger partial charge is 0.388 e. The molecule has 1 aliphatic rings. The molecule has 0 radical (unpaired) electrons. The van der Waals surface area contributed by atoms with Gasteiger partial charge < -0.3 is 10.0 Å². The van der Waals surface area contributed by atoms with Gasteiger partial charge in [0.25, 0.3) is 5.91 Å². The van der Waals surface area contributed by atoms with Crippen molar-refractivity contribution in [1.82, 2.24) is 9.88 Å². The van der Waals surface area contributed by atoms with Gasteiger partial charge in [-0.1, -0.05) is 0 Å². The lowest BCUT2D eigenvalue weighted by molar-refractivity contribution is -0.141. The van der Waals surface area contributed by atoms with Crippen molar-refractivity contribution >= 4 is 5.91 Å². The van der Waals surface area contributed by atoms with Crippen LogP contribution >= 0.6 is 0 Å². The lowest BCUT2D eigenvalue weighted by Gasteiger charge is -2.33. The van der Waals surface area contributed by atoms with E-state index in [0.717, 1.165) is 24.8 Å². The molecule has 0 spiro atoms. The first-order valence-corrected chi connectivity index (χ1v) is 6.67. The highest BCUT2D eigenvalue weighted by atomic mass is 19.4. The van der Waals surface area contributed by atoms with E-state index < -0.39 is 23.4 Å². The van der Waals surface area contributed by atoms with Gasteiger partial charge in [-0.05, 0) is 38.8 Å². The topological polar surface area (TPSA) is 53.4 Å². The third-order valence-electron chi connectivity index (χ3n) is 3.63. The molecule has 1 atom stereocenters. The van der Waals surface area contributed by atoms with Crippen molar-refractivity contribution in [3.8, 4) is 0 Å². The monoisotopic (exact) mass is 302 g/mol. The number of hydrogen-bond donors (Lipinski definition) is 1. The zero-order chi connectivity index (χ0) is 15.8. The highest BCUT2D eigenvalue weighted by molar-refractivity contribution is 5.94. The Morgan fingerprint density at radius 2 is 2.05 bits per heavy atom. The van der Waals surface area contributed by atoms with Gasteiger partial charge in [0, 0.05) is 12.7 Å². The molecule has 1 saturated heterocycles. The van der Waals surface area contributed by atoms with Crippen molar-refractivity contribution in [2.75, 3.05) is 6.54 Å². The number of aromatic nitrogens is 1. The van der Waals surface area contributed by atoms with E-state index in [4.69, 9.17) is 0 Å². The predicted molar refractivity (Wildman–Crippen MR) is 69.6 cm³/mol. The molecule has 0 saturated carbocycles. The molecule has 0 aromatic carbocycles. The van der Waals surface area contributed by atoms with Gasteiger partial charge in [0.2, 0.25) is 0 Å². The maximum atomic E-state index is 12.4. The normalized spacial score (nSPS) is 19.9. The Hall–Kier alpha value is -1.63. The Labute approximate surface area is 120 Å². The molecule has 2 heterocycles. The van der Waals surface area contributed by atoms with E-state index in [2.05, 4.69) is 4.98 Å². The van der Waals surface area contributed by atoms with Crippen molar-refractivity contribution in [2.24, 2.45) is 0 Å². The van der Waals surface area contributed by atoms with E-state index >= 15 is 0 Å². The number of likely N-dealkylation sites (tertiary alicyclic amines) is 1. The summed E-state index contributed by atoms with van der Waals surface area (Å²) in [4.78, 5) is 17.2. The number of carbonyl (C=O) groups is 1. The number of alkyl halides is 3. The number of rotatable bonds is 2. The summed E-state index contributed by atoms with van der Waals surface area (Å²) in [6.45, 7) is 3.72. The zero-order valence-corrected chi connectivity index (χ0v) is 11.8. The largest absolute Gasteiger partial charge is 0.433 e. The fraction of sp³-hybridized carbons (Fsp3) is 0.571. The first-order chi connectivity index (χ1) is 9.60. The molecule has 7 heteroatoms. The van der Waals surface area contributed by atoms with Gasteiger partial charge in [-0.25, -0.2) is 0 Å². The van der Waals surface area contributed by atoms with E-state index in [0.29, 0.717) is 13.0 Å². The maximum absolute atomic E-state index is 12.4. The summed E-state index contributed by atoms with van der Waals surface area (Å²) < 4.78 is 37.3. The Morgan fingerprint density at radius 3 is 2.52 bits per heavy atom. The van der Waals surface area contributed by atoms with Crippen LogP contribution in [0.25, 0.3) is 0 Å². The lowest BCUT2D eigenvalue weighted by atomic mass is 9.96. The van der Waals surface area contributed by atoms with Crippen LogP contribution in [0.3, 0.4) is 0 Å². The molecule has 1 fully saturated rings. The molecule has 2 rings (SSSR count). The third kappa shape index (κ3) is 3.34. The van der Waals surface area contributed by atoms with Crippen LogP contribution in [0.2, 0.25) is 0 Å². The number of carbonyl (C=O) groups excluding carboxylic acids is 1. The number of pyridine rings is 1. The summed E-state index contributed by atoms with van der Waals surface area (Å²) in [6.07, 6.45) is -2.16. The Bertz CT molecular complexity index is 521. The number of aliphatic hydroxyl groups is 1. The van der Waals surface area contributed by atoms with Gasteiger partial charge in [-0.15, -0.1) is 0 Å². The van der Waals surface area contributed by atoms with Gasteiger partial charge in [0.1, 0.15) is 5.69 Å². The second-order valence-corrected chi connectivity index (χ2v) is 5.74. The summed E-state index contributed by atoms with van der Waals surface area (Å²) in [7, 11) is 0. The van der Waals surface area contributed by atoms with Crippen molar-refractivity contribution in [2.45, 2.75) is 44.5 Å². The molecule has 1 aromatic heterocycles. The molecule has 0 aliphatic carbocycles. The molecule has 116 valence electrons. The minimum Gasteiger partial charge on any atom is -0.388 e. The number of halogens is 3. The van der Waals surface area contributed by atoms with Gasteiger partial charge in [0.05, 0.1) is 17.2 Å². The summed E-state index contributed by atoms with van der Waals surface area (Å²) >= 11 is 0. The fourth-order valence-electron chi connectivity index (χ4n) is 2.60. The van der Waals surface area contributed by atoms with Crippen LogP contribution < -0.4 is 0 Å².